The lowest BCUT2D eigenvalue weighted by Gasteiger charge is -2.20. The van der Waals surface area contributed by atoms with E-state index in [4.69, 9.17) is 5.73 Å². The summed E-state index contributed by atoms with van der Waals surface area (Å²) < 4.78 is 0. The molecule has 0 aliphatic rings. The molecule has 0 saturated heterocycles. The molecule has 0 heterocycles. The van der Waals surface area contributed by atoms with Crippen LogP contribution in [-0.2, 0) is 4.79 Å². The van der Waals surface area contributed by atoms with Crippen LogP contribution in [0.15, 0.2) is 0 Å². The molecule has 1 amide bonds. The van der Waals surface area contributed by atoms with Crippen LogP contribution in [-0.4, -0.2) is 18.0 Å². The fraction of sp³-hybridized carbons (Fsp3) is 0.900. The molecule has 0 saturated carbocycles. The lowest BCUT2D eigenvalue weighted by molar-refractivity contribution is -0.118. The predicted molar refractivity (Wildman–Crippen MR) is 55.4 cm³/mol. The quantitative estimate of drug-likeness (QED) is 0.631. The van der Waals surface area contributed by atoms with E-state index in [2.05, 4.69) is 19.2 Å². The van der Waals surface area contributed by atoms with Gasteiger partial charge >= 0.3 is 0 Å². The summed E-state index contributed by atoms with van der Waals surface area (Å²) in [6.07, 6.45) is 3.88. The van der Waals surface area contributed by atoms with Gasteiger partial charge in [0, 0.05) is 18.5 Å². The number of carbonyl (C=O) groups excluding carboxylic acids is 1. The molecule has 78 valence electrons. The van der Waals surface area contributed by atoms with Gasteiger partial charge in [-0.15, -0.1) is 0 Å². The summed E-state index contributed by atoms with van der Waals surface area (Å²) in [6, 6.07) is 0.730. The minimum Gasteiger partial charge on any atom is -0.370 e. The first-order valence-electron chi connectivity index (χ1n) is 5.14. The number of primary amides is 1. The van der Waals surface area contributed by atoms with Gasteiger partial charge in [-0.05, 0) is 19.8 Å². The maximum Gasteiger partial charge on any atom is 0.218 e. The molecule has 0 aromatic rings. The highest BCUT2D eigenvalue weighted by molar-refractivity contribution is 5.74. The van der Waals surface area contributed by atoms with Crippen molar-refractivity contribution in [3.05, 3.63) is 0 Å². The van der Waals surface area contributed by atoms with E-state index < -0.39 is 0 Å². The van der Waals surface area contributed by atoms with Crippen LogP contribution >= 0.6 is 0 Å². The van der Waals surface area contributed by atoms with Gasteiger partial charge in [0.05, 0.1) is 0 Å². The number of rotatable bonds is 7. The van der Waals surface area contributed by atoms with Gasteiger partial charge in [0.15, 0.2) is 0 Å². The number of hydrogen-bond donors (Lipinski definition) is 2. The molecule has 0 aliphatic carbocycles. The Morgan fingerprint density at radius 3 is 2.46 bits per heavy atom. The Balaban J connectivity index is 3.72. The third-order valence-electron chi connectivity index (χ3n) is 2.16. The van der Waals surface area contributed by atoms with E-state index in [0.29, 0.717) is 12.5 Å². The molecule has 3 heteroatoms. The molecule has 3 nitrogen and oxygen atoms in total. The summed E-state index contributed by atoms with van der Waals surface area (Å²) in [5.41, 5.74) is 5.11. The Kier molecular flexibility index (Phi) is 6.59. The first-order valence-corrected chi connectivity index (χ1v) is 5.14. The Hall–Kier alpha value is -0.570. The fourth-order valence-corrected chi connectivity index (χ4v) is 1.52. The van der Waals surface area contributed by atoms with Gasteiger partial charge in [0.2, 0.25) is 5.91 Å². The number of amides is 1. The van der Waals surface area contributed by atoms with Crippen LogP contribution in [0.1, 0.15) is 46.5 Å². The lowest BCUT2D eigenvalue weighted by atomic mass is 10.1. The van der Waals surface area contributed by atoms with Gasteiger partial charge in [0.25, 0.3) is 0 Å². The lowest BCUT2D eigenvalue weighted by Crippen LogP contribution is -2.38. The highest BCUT2D eigenvalue weighted by Crippen LogP contribution is 2.03. The summed E-state index contributed by atoms with van der Waals surface area (Å²) in [6.45, 7) is 6.33. The van der Waals surface area contributed by atoms with Crippen molar-refractivity contribution in [1.82, 2.24) is 5.32 Å². The molecular weight excluding hydrogens is 164 g/mol. The van der Waals surface area contributed by atoms with E-state index in [-0.39, 0.29) is 11.9 Å². The van der Waals surface area contributed by atoms with E-state index in [9.17, 15) is 4.79 Å². The van der Waals surface area contributed by atoms with Gasteiger partial charge in [-0.2, -0.15) is 0 Å². The fourth-order valence-electron chi connectivity index (χ4n) is 1.52. The van der Waals surface area contributed by atoms with Crippen molar-refractivity contribution < 1.29 is 4.79 Å². The zero-order valence-electron chi connectivity index (χ0n) is 8.97. The van der Waals surface area contributed by atoms with E-state index in [1.807, 2.05) is 6.92 Å². The zero-order valence-corrected chi connectivity index (χ0v) is 8.97. The molecule has 0 bridgehead atoms. The van der Waals surface area contributed by atoms with Crippen LogP contribution in [0.2, 0.25) is 0 Å². The van der Waals surface area contributed by atoms with Gasteiger partial charge < -0.3 is 11.1 Å². The average molecular weight is 186 g/mol. The van der Waals surface area contributed by atoms with Crippen molar-refractivity contribution >= 4 is 5.91 Å². The minimum absolute atomic E-state index is 0.203. The van der Waals surface area contributed by atoms with Crippen molar-refractivity contribution in [2.75, 3.05) is 0 Å². The number of hydrogen-bond acceptors (Lipinski definition) is 2. The van der Waals surface area contributed by atoms with Gasteiger partial charge in [-0.3, -0.25) is 4.79 Å². The van der Waals surface area contributed by atoms with E-state index in [0.717, 1.165) is 6.42 Å². The van der Waals surface area contributed by atoms with Crippen LogP contribution in [0.4, 0.5) is 0 Å². The Morgan fingerprint density at radius 2 is 2.08 bits per heavy atom. The molecule has 0 aliphatic heterocycles. The first kappa shape index (κ1) is 12.4. The third-order valence-corrected chi connectivity index (χ3v) is 2.16. The van der Waals surface area contributed by atoms with Gasteiger partial charge in [-0.1, -0.05) is 20.3 Å². The Bertz CT molecular complexity index is 148. The molecule has 0 rings (SSSR count). The van der Waals surface area contributed by atoms with Crippen LogP contribution < -0.4 is 11.1 Å². The molecule has 2 atom stereocenters. The largest absolute Gasteiger partial charge is 0.370 e. The SMILES string of the molecule is CCCC(CC)NC(C)CC(N)=O. The van der Waals surface area contributed by atoms with E-state index in [1.54, 1.807) is 0 Å². The van der Waals surface area contributed by atoms with Crippen LogP contribution in [0.5, 0.6) is 0 Å². The molecule has 0 radical (unpaired) electrons. The van der Waals surface area contributed by atoms with Crippen molar-refractivity contribution in [3.63, 3.8) is 0 Å². The molecule has 0 fully saturated rings. The molecular formula is C10H22N2O. The highest BCUT2D eigenvalue weighted by Gasteiger charge is 2.10. The summed E-state index contributed by atoms with van der Waals surface area (Å²) >= 11 is 0. The highest BCUT2D eigenvalue weighted by atomic mass is 16.1. The maximum absolute atomic E-state index is 10.6. The number of carbonyl (C=O) groups is 1. The summed E-state index contributed by atoms with van der Waals surface area (Å²) in [5, 5.41) is 3.40. The summed E-state index contributed by atoms with van der Waals surface area (Å²) in [5.74, 6) is -0.230. The standard InChI is InChI=1S/C10H22N2O/c1-4-6-9(5-2)12-8(3)7-10(11)13/h8-9,12H,4-7H2,1-3H3,(H2,11,13). The van der Waals surface area contributed by atoms with Crippen LogP contribution in [0.3, 0.4) is 0 Å². The summed E-state index contributed by atoms with van der Waals surface area (Å²) in [4.78, 5) is 10.6. The first-order chi connectivity index (χ1) is 6.10. The van der Waals surface area contributed by atoms with Crippen LogP contribution in [0, 0.1) is 0 Å². The maximum atomic E-state index is 10.6. The molecule has 13 heavy (non-hydrogen) atoms. The molecule has 0 aromatic heterocycles. The van der Waals surface area contributed by atoms with Crippen molar-refractivity contribution in [3.8, 4) is 0 Å². The molecule has 3 N–H and O–H groups in total. The third kappa shape index (κ3) is 6.58. The van der Waals surface area contributed by atoms with Crippen molar-refractivity contribution in [2.45, 2.75) is 58.5 Å². The Labute approximate surface area is 81.1 Å². The second-order valence-electron chi connectivity index (χ2n) is 3.63. The second kappa shape index (κ2) is 6.89. The zero-order chi connectivity index (χ0) is 10.3. The van der Waals surface area contributed by atoms with Crippen molar-refractivity contribution in [2.24, 2.45) is 5.73 Å². The monoisotopic (exact) mass is 186 g/mol. The van der Waals surface area contributed by atoms with E-state index in [1.165, 1.54) is 12.8 Å². The normalized spacial score (nSPS) is 15.3. The second-order valence-corrected chi connectivity index (χ2v) is 3.63. The topological polar surface area (TPSA) is 55.1 Å². The average Bonchev–Trinajstić information content (AvgIpc) is 2.02. The van der Waals surface area contributed by atoms with Crippen molar-refractivity contribution in [1.29, 1.82) is 0 Å². The number of nitrogens with one attached hydrogen (secondary N) is 1. The molecule has 0 spiro atoms. The van der Waals surface area contributed by atoms with E-state index >= 15 is 0 Å². The predicted octanol–water partition coefficient (Wildman–Crippen LogP) is 1.42. The van der Waals surface area contributed by atoms with Gasteiger partial charge in [0.1, 0.15) is 0 Å². The minimum atomic E-state index is -0.230. The molecule has 2 unspecified atom stereocenters. The molecule has 0 aromatic carbocycles. The van der Waals surface area contributed by atoms with Gasteiger partial charge in [-0.25, -0.2) is 0 Å². The smallest absolute Gasteiger partial charge is 0.218 e. The summed E-state index contributed by atoms with van der Waals surface area (Å²) in [7, 11) is 0. The Morgan fingerprint density at radius 1 is 1.46 bits per heavy atom. The van der Waals surface area contributed by atoms with Crippen LogP contribution in [0.25, 0.3) is 0 Å². The number of nitrogens with two attached hydrogens (primary N) is 1.